The van der Waals surface area contributed by atoms with E-state index >= 15 is 0 Å². The predicted octanol–water partition coefficient (Wildman–Crippen LogP) is 1.29. The van der Waals surface area contributed by atoms with E-state index in [1.165, 1.54) is 0 Å². The highest BCUT2D eigenvalue weighted by molar-refractivity contribution is 6.01. The Kier molecular flexibility index (Phi) is 8.19. The Morgan fingerprint density at radius 3 is 1.86 bits per heavy atom. The van der Waals surface area contributed by atoms with E-state index in [4.69, 9.17) is 21.0 Å². The molecule has 0 heterocycles. The van der Waals surface area contributed by atoms with Crippen molar-refractivity contribution in [3.63, 3.8) is 0 Å². The van der Waals surface area contributed by atoms with Gasteiger partial charge in [0.1, 0.15) is 6.61 Å². The van der Waals surface area contributed by atoms with E-state index in [0.29, 0.717) is 0 Å². The SMILES string of the molecule is C#CCC(CC#CCO)(C(=O)OC(C)C)C(=O)OC(C)C. The summed E-state index contributed by atoms with van der Waals surface area (Å²) < 4.78 is 10.3. The van der Waals surface area contributed by atoms with E-state index in [0.717, 1.165) is 0 Å². The molecule has 0 saturated heterocycles. The molecule has 0 radical (unpaired) electrons. The summed E-state index contributed by atoms with van der Waals surface area (Å²) in [6, 6.07) is 0. The number of hydrogen-bond acceptors (Lipinski definition) is 5. The second-order valence-corrected chi connectivity index (χ2v) is 5.06. The molecule has 0 aliphatic carbocycles. The third kappa shape index (κ3) is 5.89. The second-order valence-electron chi connectivity index (χ2n) is 5.06. The minimum absolute atomic E-state index is 0.158. The zero-order valence-electron chi connectivity index (χ0n) is 12.9. The maximum Gasteiger partial charge on any atom is 0.325 e. The molecule has 0 aromatic heterocycles. The molecule has 0 unspecified atom stereocenters. The maximum atomic E-state index is 12.3. The fourth-order valence-corrected chi connectivity index (χ4v) is 1.53. The van der Waals surface area contributed by atoms with Crippen LogP contribution >= 0.6 is 0 Å². The summed E-state index contributed by atoms with van der Waals surface area (Å²) in [6.45, 7) is 6.32. The summed E-state index contributed by atoms with van der Waals surface area (Å²) in [4.78, 5) is 24.7. The summed E-state index contributed by atoms with van der Waals surface area (Å²) in [5.41, 5.74) is -1.66. The van der Waals surface area contributed by atoms with Gasteiger partial charge in [0.15, 0.2) is 5.41 Å². The molecule has 0 amide bonds. The van der Waals surface area contributed by atoms with Gasteiger partial charge in [-0.2, -0.15) is 0 Å². The van der Waals surface area contributed by atoms with Gasteiger partial charge in [0.05, 0.1) is 12.2 Å². The van der Waals surface area contributed by atoms with Gasteiger partial charge in [0, 0.05) is 12.8 Å². The molecule has 1 N–H and O–H groups in total. The average molecular weight is 294 g/mol. The Morgan fingerprint density at radius 1 is 1.05 bits per heavy atom. The van der Waals surface area contributed by atoms with Crippen molar-refractivity contribution < 1.29 is 24.2 Å². The van der Waals surface area contributed by atoms with Crippen molar-refractivity contribution in [2.75, 3.05) is 6.61 Å². The number of aliphatic hydroxyl groups excluding tert-OH is 1. The fraction of sp³-hybridized carbons (Fsp3) is 0.625. The minimum atomic E-state index is -1.66. The van der Waals surface area contributed by atoms with Crippen LogP contribution in [-0.4, -0.2) is 35.9 Å². The van der Waals surface area contributed by atoms with Crippen LogP contribution in [0.3, 0.4) is 0 Å². The Balaban J connectivity index is 5.57. The summed E-state index contributed by atoms with van der Waals surface area (Å²) in [5.74, 6) is 5.77. The van der Waals surface area contributed by atoms with Gasteiger partial charge in [0.2, 0.25) is 0 Å². The van der Waals surface area contributed by atoms with Crippen molar-refractivity contribution in [2.45, 2.75) is 52.7 Å². The van der Waals surface area contributed by atoms with E-state index in [9.17, 15) is 9.59 Å². The van der Waals surface area contributed by atoms with Crippen LogP contribution in [-0.2, 0) is 19.1 Å². The van der Waals surface area contributed by atoms with E-state index in [1.807, 2.05) is 0 Å². The van der Waals surface area contributed by atoms with Crippen LogP contribution in [0.1, 0.15) is 40.5 Å². The lowest BCUT2D eigenvalue weighted by Gasteiger charge is -2.27. The highest BCUT2D eigenvalue weighted by atomic mass is 16.6. The summed E-state index contributed by atoms with van der Waals surface area (Å²) in [7, 11) is 0. The maximum absolute atomic E-state index is 12.3. The van der Waals surface area contributed by atoms with Crippen LogP contribution in [0.5, 0.6) is 0 Å². The monoisotopic (exact) mass is 294 g/mol. The quantitative estimate of drug-likeness (QED) is 0.454. The zero-order chi connectivity index (χ0) is 16.5. The van der Waals surface area contributed by atoms with Crippen LogP contribution in [0.25, 0.3) is 0 Å². The summed E-state index contributed by atoms with van der Waals surface area (Å²) >= 11 is 0. The van der Waals surface area contributed by atoms with Crippen LogP contribution in [0, 0.1) is 29.6 Å². The van der Waals surface area contributed by atoms with E-state index in [-0.39, 0.29) is 19.4 Å². The molecule has 0 bridgehead atoms. The Labute approximate surface area is 126 Å². The number of ether oxygens (including phenoxy) is 2. The van der Waals surface area contributed by atoms with Crippen molar-refractivity contribution in [3.8, 4) is 24.2 Å². The number of terminal acetylenes is 1. The lowest BCUT2D eigenvalue weighted by molar-refractivity contribution is -0.176. The number of rotatable bonds is 6. The smallest absolute Gasteiger partial charge is 0.325 e. The zero-order valence-corrected chi connectivity index (χ0v) is 12.9. The third-order valence-electron chi connectivity index (χ3n) is 2.47. The highest BCUT2D eigenvalue weighted by Crippen LogP contribution is 2.31. The fourth-order valence-electron chi connectivity index (χ4n) is 1.53. The Hall–Kier alpha value is -1.98. The first kappa shape index (κ1) is 19.0. The van der Waals surface area contributed by atoms with E-state index < -0.39 is 29.6 Å². The van der Waals surface area contributed by atoms with Gasteiger partial charge < -0.3 is 14.6 Å². The molecule has 5 nitrogen and oxygen atoms in total. The van der Waals surface area contributed by atoms with Gasteiger partial charge in [-0.1, -0.05) is 11.8 Å². The van der Waals surface area contributed by atoms with Crippen LogP contribution in [0.2, 0.25) is 0 Å². The van der Waals surface area contributed by atoms with Gasteiger partial charge in [-0.05, 0) is 27.7 Å². The molecule has 0 aromatic rings. The van der Waals surface area contributed by atoms with Crippen LogP contribution in [0.15, 0.2) is 0 Å². The molecular weight excluding hydrogens is 272 g/mol. The first-order chi connectivity index (χ1) is 9.80. The van der Waals surface area contributed by atoms with Crippen LogP contribution in [0.4, 0.5) is 0 Å². The minimum Gasteiger partial charge on any atom is -0.462 e. The van der Waals surface area contributed by atoms with Crippen molar-refractivity contribution >= 4 is 11.9 Å². The average Bonchev–Trinajstić information content (AvgIpc) is 2.35. The highest BCUT2D eigenvalue weighted by Gasteiger charge is 2.48. The first-order valence-corrected chi connectivity index (χ1v) is 6.72. The number of hydrogen-bond donors (Lipinski definition) is 1. The largest absolute Gasteiger partial charge is 0.462 e. The number of aliphatic hydroxyl groups is 1. The predicted molar refractivity (Wildman–Crippen MR) is 77.8 cm³/mol. The lowest BCUT2D eigenvalue weighted by Crippen LogP contribution is -2.43. The van der Waals surface area contributed by atoms with Gasteiger partial charge in [0.25, 0.3) is 0 Å². The van der Waals surface area contributed by atoms with Gasteiger partial charge in [-0.3, -0.25) is 9.59 Å². The Morgan fingerprint density at radius 2 is 1.52 bits per heavy atom. The molecule has 116 valence electrons. The number of esters is 2. The first-order valence-electron chi connectivity index (χ1n) is 6.72. The molecule has 0 atom stereocenters. The third-order valence-corrected chi connectivity index (χ3v) is 2.47. The second kappa shape index (κ2) is 9.05. The van der Waals surface area contributed by atoms with E-state index in [2.05, 4.69) is 17.8 Å². The van der Waals surface area contributed by atoms with Gasteiger partial charge in [-0.15, -0.1) is 12.3 Å². The van der Waals surface area contributed by atoms with E-state index in [1.54, 1.807) is 27.7 Å². The van der Waals surface area contributed by atoms with Crippen molar-refractivity contribution in [3.05, 3.63) is 0 Å². The number of carbonyl (C=O) groups is 2. The summed E-state index contributed by atoms with van der Waals surface area (Å²) in [5, 5.41) is 8.71. The molecule has 0 spiro atoms. The lowest BCUT2D eigenvalue weighted by atomic mass is 9.81. The van der Waals surface area contributed by atoms with Gasteiger partial charge >= 0.3 is 11.9 Å². The van der Waals surface area contributed by atoms with Crippen molar-refractivity contribution in [1.29, 1.82) is 0 Å². The topological polar surface area (TPSA) is 72.8 Å². The normalized spacial score (nSPS) is 10.6. The molecule has 0 aromatic carbocycles. The molecule has 0 aliphatic rings. The molecule has 0 rings (SSSR count). The molecule has 0 fully saturated rings. The number of carbonyl (C=O) groups excluding carboxylic acids is 2. The van der Waals surface area contributed by atoms with Crippen molar-refractivity contribution in [2.24, 2.45) is 5.41 Å². The molecule has 0 saturated carbocycles. The van der Waals surface area contributed by atoms with Crippen molar-refractivity contribution in [1.82, 2.24) is 0 Å². The molecule has 0 aliphatic heterocycles. The van der Waals surface area contributed by atoms with Gasteiger partial charge in [-0.25, -0.2) is 0 Å². The van der Waals surface area contributed by atoms with Crippen LogP contribution < -0.4 is 0 Å². The molecule has 21 heavy (non-hydrogen) atoms. The Bertz CT molecular complexity index is 437. The molecular formula is C16H22O5. The molecule has 5 heteroatoms. The standard InChI is InChI=1S/C16H22O5/c1-6-9-16(10-7-8-11-17,14(18)20-12(2)3)15(19)21-13(4)5/h1,12-13,17H,9-11H2,2-5H3. The summed E-state index contributed by atoms with van der Waals surface area (Å²) in [6.07, 6.45) is 4.17.